The van der Waals surface area contributed by atoms with Gasteiger partial charge in [-0.15, -0.1) is 0 Å². The number of carbonyl (C=O) groups excluding carboxylic acids is 2. The molecule has 1 heterocycles. The average molecular weight is 323 g/mol. The van der Waals surface area contributed by atoms with Crippen molar-refractivity contribution in [3.63, 3.8) is 0 Å². The van der Waals surface area contributed by atoms with Crippen LogP contribution in [0.4, 0.5) is 18.9 Å². The second kappa shape index (κ2) is 6.91. The Hall–Kier alpha value is -2.90. The van der Waals surface area contributed by atoms with E-state index in [1.807, 2.05) is 6.07 Å². The molecule has 1 aromatic carbocycles. The number of hydrogen-bond donors (Lipinski definition) is 2. The lowest BCUT2D eigenvalue weighted by Gasteiger charge is -2.08. The van der Waals surface area contributed by atoms with Crippen LogP contribution in [0.2, 0.25) is 0 Å². The normalized spacial score (nSPS) is 10.9. The Kier molecular flexibility index (Phi) is 4.95. The van der Waals surface area contributed by atoms with Crippen molar-refractivity contribution in [1.82, 2.24) is 10.3 Å². The van der Waals surface area contributed by atoms with Gasteiger partial charge in [-0.05, 0) is 17.7 Å². The summed E-state index contributed by atoms with van der Waals surface area (Å²) in [5, 5.41) is 4.58. The van der Waals surface area contributed by atoms with Gasteiger partial charge in [-0.25, -0.2) is 4.98 Å². The SMILES string of the molecule is O=C(NCc1ccccc1)C(=O)Nc1ccc(C(F)(F)F)nc1. The van der Waals surface area contributed by atoms with E-state index in [1.54, 1.807) is 24.3 Å². The lowest BCUT2D eigenvalue weighted by atomic mass is 10.2. The first-order chi connectivity index (χ1) is 10.9. The Morgan fingerprint density at radius 1 is 1.00 bits per heavy atom. The first kappa shape index (κ1) is 16.5. The molecule has 0 atom stereocenters. The average Bonchev–Trinajstić information content (AvgIpc) is 2.53. The van der Waals surface area contributed by atoms with E-state index >= 15 is 0 Å². The highest BCUT2D eigenvalue weighted by atomic mass is 19.4. The maximum atomic E-state index is 12.4. The first-order valence-electron chi connectivity index (χ1n) is 6.52. The summed E-state index contributed by atoms with van der Waals surface area (Å²) in [6, 6.07) is 10.7. The number of carbonyl (C=O) groups is 2. The Bertz CT molecular complexity index is 685. The minimum absolute atomic E-state index is 0.00198. The number of amides is 2. The molecular formula is C15H12F3N3O2. The van der Waals surface area contributed by atoms with Crippen molar-refractivity contribution in [3.05, 3.63) is 59.9 Å². The molecule has 1 aromatic heterocycles. The molecule has 0 radical (unpaired) electrons. The van der Waals surface area contributed by atoms with Gasteiger partial charge in [0, 0.05) is 6.54 Å². The molecule has 5 nitrogen and oxygen atoms in total. The van der Waals surface area contributed by atoms with Crippen LogP contribution in [0.25, 0.3) is 0 Å². The van der Waals surface area contributed by atoms with Crippen molar-refractivity contribution < 1.29 is 22.8 Å². The molecule has 0 saturated heterocycles. The van der Waals surface area contributed by atoms with Crippen LogP contribution in [0.5, 0.6) is 0 Å². The number of anilines is 1. The molecule has 2 N–H and O–H groups in total. The third-order valence-corrected chi connectivity index (χ3v) is 2.81. The standard InChI is InChI=1S/C15H12F3N3O2/c16-15(17,18)12-7-6-11(9-19-12)21-14(23)13(22)20-8-10-4-2-1-3-5-10/h1-7,9H,8H2,(H,20,22)(H,21,23). The molecule has 0 aliphatic carbocycles. The van der Waals surface area contributed by atoms with E-state index in [2.05, 4.69) is 15.6 Å². The summed E-state index contributed by atoms with van der Waals surface area (Å²) in [6.45, 7) is 0.165. The summed E-state index contributed by atoms with van der Waals surface area (Å²) >= 11 is 0. The Balaban J connectivity index is 1.89. The van der Waals surface area contributed by atoms with Gasteiger partial charge in [0.25, 0.3) is 0 Å². The number of nitrogens with one attached hydrogen (secondary N) is 2. The summed E-state index contributed by atoms with van der Waals surface area (Å²) in [6.07, 6.45) is -3.72. The molecule has 0 bridgehead atoms. The van der Waals surface area contributed by atoms with Gasteiger partial charge in [0.15, 0.2) is 0 Å². The quantitative estimate of drug-likeness (QED) is 0.852. The molecule has 0 fully saturated rings. The number of hydrogen-bond acceptors (Lipinski definition) is 3. The maximum absolute atomic E-state index is 12.4. The van der Waals surface area contributed by atoms with E-state index in [-0.39, 0.29) is 12.2 Å². The van der Waals surface area contributed by atoms with Crippen molar-refractivity contribution in [2.24, 2.45) is 0 Å². The van der Waals surface area contributed by atoms with Crippen LogP contribution in [0.3, 0.4) is 0 Å². The Morgan fingerprint density at radius 3 is 2.26 bits per heavy atom. The van der Waals surface area contributed by atoms with Crippen molar-refractivity contribution in [2.75, 3.05) is 5.32 Å². The van der Waals surface area contributed by atoms with Crippen molar-refractivity contribution in [3.8, 4) is 0 Å². The second-order valence-corrected chi connectivity index (χ2v) is 4.55. The molecule has 0 unspecified atom stereocenters. The highest BCUT2D eigenvalue weighted by molar-refractivity contribution is 6.39. The fourth-order valence-electron chi connectivity index (χ4n) is 1.68. The fourth-order valence-corrected chi connectivity index (χ4v) is 1.68. The Labute approximate surface area is 129 Å². The highest BCUT2D eigenvalue weighted by Crippen LogP contribution is 2.27. The zero-order valence-electron chi connectivity index (χ0n) is 11.7. The van der Waals surface area contributed by atoms with Crippen LogP contribution < -0.4 is 10.6 Å². The van der Waals surface area contributed by atoms with Crippen molar-refractivity contribution in [1.29, 1.82) is 0 Å². The van der Waals surface area contributed by atoms with Gasteiger partial charge < -0.3 is 10.6 Å². The van der Waals surface area contributed by atoms with Gasteiger partial charge in [0.2, 0.25) is 0 Å². The summed E-state index contributed by atoms with van der Waals surface area (Å²) in [4.78, 5) is 26.5. The molecule has 0 aliphatic rings. The molecule has 23 heavy (non-hydrogen) atoms. The minimum atomic E-state index is -4.56. The number of alkyl halides is 3. The molecule has 2 aromatic rings. The molecule has 2 amide bonds. The zero-order valence-corrected chi connectivity index (χ0v) is 11.7. The molecule has 0 aliphatic heterocycles. The molecule has 120 valence electrons. The predicted molar refractivity (Wildman–Crippen MR) is 76.2 cm³/mol. The lowest BCUT2D eigenvalue weighted by molar-refractivity contribution is -0.141. The second-order valence-electron chi connectivity index (χ2n) is 4.55. The largest absolute Gasteiger partial charge is 0.433 e. The van der Waals surface area contributed by atoms with Crippen molar-refractivity contribution in [2.45, 2.75) is 12.7 Å². The summed E-state index contributed by atoms with van der Waals surface area (Å²) in [5.74, 6) is -1.88. The van der Waals surface area contributed by atoms with Gasteiger partial charge in [0.05, 0.1) is 11.9 Å². The van der Waals surface area contributed by atoms with E-state index in [9.17, 15) is 22.8 Å². The first-order valence-corrected chi connectivity index (χ1v) is 6.52. The van der Waals surface area contributed by atoms with Crippen LogP contribution in [0.1, 0.15) is 11.3 Å². The number of nitrogens with zero attached hydrogens (tertiary/aromatic N) is 1. The van der Waals surface area contributed by atoms with E-state index in [4.69, 9.17) is 0 Å². The van der Waals surface area contributed by atoms with Gasteiger partial charge >= 0.3 is 18.0 Å². The number of halogens is 3. The third-order valence-electron chi connectivity index (χ3n) is 2.81. The van der Waals surface area contributed by atoms with Gasteiger partial charge in [-0.2, -0.15) is 13.2 Å². The van der Waals surface area contributed by atoms with Crippen LogP contribution >= 0.6 is 0 Å². The number of rotatable bonds is 3. The minimum Gasteiger partial charge on any atom is -0.344 e. The molecule has 0 saturated carbocycles. The van der Waals surface area contributed by atoms with Crippen LogP contribution in [-0.2, 0) is 22.3 Å². The van der Waals surface area contributed by atoms with E-state index < -0.39 is 23.7 Å². The van der Waals surface area contributed by atoms with E-state index in [1.165, 1.54) is 0 Å². The van der Waals surface area contributed by atoms with Crippen LogP contribution in [-0.4, -0.2) is 16.8 Å². The zero-order chi connectivity index (χ0) is 16.9. The third kappa shape index (κ3) is 4.80. The van der Waals surface area contributed by atoms with Gasteiger partial charge in [-0.1, -0.05) is 30.3 Å². The predicted octanol–water partition coefficient (Wildman–Crippen LogP) is 2.36. The number of benzene rings is 1. The summed E-state index contributed by atoms with van der Waals surface area (Å²) in [7, 11) is 0. The molecule has 0 spiro atoms. The van der Waals surface area contributed by atoms with E-state index in [0.29, 0.717) is 0 Å². The summed E-state index contributed by atoms with van der Waals surface area (Å²) < 4.78 is 37.1. The molecule has 2 rings (SSSR count). The van der Waals surface area contributed by atoms with Crippen LogP contribution in [0, 0.1) is 0 Å². The highest BCUT2D eigenvalue weighted by Gasteiger charge is 2.32. The topological polar surface area (TPSA) is 71.1 Å². The van der Waals surface area contributed by atoms with Crippen molar-refractivity contribution >= 4 is 17.5 Å². The number of pyridine rings is 1. The van der Waals surface area contributed by atoms with Gasteiger partial charge in [0.1, 0.15) is 5.69 Å². The van der Waals surface area contributed by atoms with E-state index in [0.717, 1.165) is 23.9 Å². The molecular weight excluding hydrogens is 311 g/mol. The fraction of sp³-hybridized carbons (Fsp3) is 0.133. The Morgan fingerprint density at radius 2 is 1.70 bits per heavy atom. The van der Waals surface area contributed by atoms with Gasteiger partial charge in [-0.3, -0.25) is 9.59 Å². The number of aromatic nitrogens is 1. The summed E-state index contributed by atoms with van der Waals surface area (Å²) in [5.41, 5.74) is -0.272. The lowest BCUT2D eigenvalue weighted by Crippen LogP contribution is -2.35. The van der Waals surface area contributed by atoms with Crippen LogP contribution in [0.15, 0.2) is 48.7 Å². The maximum Gasteiger partial charge on any atom is 0.433 e. The monoisotopic (exact) mass is 323 g/mol. The smallest absolute Gasteiger partial charge is 0.344 e. The molecule has 8 heteroatoms.